The number of para-hydroxylation sites is 2. The molecular formula is C21H22N2O4. The van der Waals surface area contributed by atoms with Crippen molar-refractivity contribution in [3.8, 4) is 17.2 Å². The maximum absolute atomic E-state index is 12.5. The van der Waals surface area contributed by atoms with Crippen LogP contribution in [0.1, 0.15) is 23.9 Å². The fraction of sp³-hybridized carbons (Fsp3) is 0.238. The summed E-state index contributed by atoms with van der Waals surface area (Å²) in [5.74, 6) is 2.50. The average molecular weight is 366 g/mol. The van der Waals surface area contributed by atoms with Gasteiger partial charge in [-0.1, -0.05) is 17.3 Å². The van der Waals surface area contributed by atoms with Gasteiger partial charge in [-0.05, 0) is 57.2 Å². The van der Waals surface area contributed by atoms with Gasteiger partial charge in [0.1, 0.15) is 17.3 Å². The standard InChI is InChI=1S/C21H22N2O4/c1-4-25-16-9-11-17(12-10-16)26-20-8-6-5-7-19(20)22-21(24)13-18-14(2)23-27-15(18)3/h5-12H,4,13H2,1-3H3,(H,22,24). The third kappa shape index (κ3) is 4.67. The first-order valence-electron chi connectivity index (χ1n) is 8.78. The molecule has 1 aromatic heterocycles. The van der Waals surface area contributed by atoms with E-state index in [1.54, 1.807) is 13.0 Å². The molecule has 0 saturated carbocycles. The fourth-order valence-corrected chi connectivity index (χ4v) is 2.67. The van der Waals surface area contributed by atoms with E-state index in [0.717, 1.165) is 17.0 Å². The lowest BCUT2D eigenvalue weighted by molar-refractivity contribution is -0.115. The Morgan fingerprint density at radius 1 is 1.07 bits per heavy atom. The zero-order valence-electron chi connectivity index (χ0n) is 15.6. The van der Waals surface area contributed by atoms with E-state index in [1.807, 2.05) is 56.3 Å². The van der Waals surface area contributed by atoms with Gasteiger partial charge in [-0.2, -0.15) is 0 Å². The molecule has 0 spiro atoms. The first kappa shape index (κ1) is 18.5. The quantitative estimate of drug-likeness (QED) is 0.658. The second kappa shape index (κ2) is 8.40. The lowest BCUT2D eigenvalue weighted by atomic mass is 10.1. The Labute approximate surface area is 158 Å². The monoisotopic (exact) mass is 366 g/mol. The van der Waals surface area contributed by atoms with Crippen LogP contribution in [0.15, 0.2) is 53.1 Å². The van der Waals surface area contributed by atoms with Crippen LogP contribution in [-0.2, 0) is 11.2 Å². The summed E-state index contributed by atoms with van der Waals surface area (Å²) in [5.41, 5.74) is 2.13. The third-order valence-electron chi connectivity index (χ3n) is 4.04. The average Bonchev–Trinajstić information content (AvgIpc) is 2.97. The van der Waals surface area contributed by atoms with Crippen molar-refractivity contribution in [1.82, 2.24) is 5.16 Å². The SMILES string of the molecule is CCOc1ccc(Oc2ccccc2NC(=O)Cc2c(C)noc2C)cc1. The molecule has 1 heterocycles. The van der Waals surface area contributed by atoms with Crippen LogP contribution in [0.2, 0.25) is 0 Å². The molecule has 1 N–H and O–H groups in total. The smallest absolute Gasteiger partial charge is 0.229 e. The van der Waals surface area contributed by atoms with Crippen LogP contribution < -0.4 is 14.8 Å². The van der Waals surface area contributed by atoms with Gasteiger partial charge in [-0.3, -0.25) is 4.79 Å². The van der Waals surface area contributed by atoms with E-state index in [2.05, 4.69) is 10.5 Å². The van der Waals surface area contributed by atoms with E-state index in [4.69, 9.17) is 14.0 Å². The Morgan fingerprint density at radius 2 is 1.78 bits per heavy atom. The van der Waals surface area contributed by atoms with E-state index in [9.17, 15) is 4.79 Å². The number of carbonyl (C=O) groups is 1. The molecule has 6 nitrogen and oxygen atoms in total. The summed E-state index contributed by atoms with van der Waals surface area (Å²) >= 11 is 0. The van der Waals surface area contributed by atoms with Gasteiger partial charge < -0.3 is 19.3 Å². The van der Waals surface area contributed by atoms with Crippen molar-refractivity contribution in [2.45, 2.75) is 27.2 Å². The van der Waals surface area contributed by atoms with Gasteiger partial charge in [0.25, 0.3) is 0 Å². The zero-order valence-corrected chi connectivity index (χ0v) is 15.6. The first-order valence-corrected chi connectivity index (χ1v) is 8.78. The van der Waals surface area contributed by atoms with Crippen molar-refractivity contribution in [3.63, 3.8) is 0 Å². The molecule has 0 aliphatic heterocycles. The van der Waals surface area contributed by atoms with Gasteiger partial charge in [0, 0.05) is 5.56 Å². The highest BCUT2D eigenvalue weighted by Crippen LogP contribution is 2.30. The van der Waals surface area contributed by atoms with Gasteiger partial charge in [-0.25, -0.2) is 0 Å². The molecule has 0 unspecified atom stereocenters. The molecular weight excluding hydrogens is 344 g/mol. The molecule has 27 heavy (non-hydrogen) atoms. The molecule has 0 bridgehead atoms. The number of amides is 1. The van der Waals surface area contributed by atoms with Crippen LogP contribution in [-0.4, -0.2) is 17.7 Å². The topological polar surface area (TPSA) is 73.6 Å². The Balaban J connectivity index is 1.71. The molecule has 2 aromatic carbocycles. The van der Waals surface area contributed by atoms with E-state index in [-0.39, 0.29) is 12.3 Å². The molecule has 0 radical (unpaired) electrons. The second-order valence-electron chi connectivity index (χ2n) is 6.03. The molecule has 140 valence electrons. The van der Waals surface area contributed by atoms with Crippen molar-refractivity contribution in [1.29, 1.82) is 0 Å². The minimum Gasteiger partial charge on any atom is -0.494 e. The molecule has 3 rings (SSSR count). The normalized spacial score (nSPS) is 10.5. The summed E-state index contributed by atoms with van der Waals surface area (Å²) in [6.07, 6.45) is 0.193. The van der Waals surface area contributed by atoms with Crippen molar-refractivity contribution in [3.05, 3.63) is 65.5 Å². The van der Waals surface area contributed by atoms with Crippen molar-refractivity contribution in [2.24, 2.45) is 0 Å². The summed E-state index contributed by atoms with van der Waals surface area (Å²) in [5, 5.41) is 6.78. The van der Waals surface area contributed by atoms with Gasteiger partial charge in [0.05, 0.1) is 24.4 Å². The number of ether oxygens (including phenoxy) is 2. The molecule has 0 fully saturated rings. The number of anilines is 1. The molecule has 0 atom stereocenters. The molecule has 1 amide bonds. The summed E-state index contributed by atoms with van der Waals surface area (Å²) in [7, 11) is 0. The van der Waals surface area contributed by atoms with Gasteiger partial charge in [0.15, 0.2) is 5.75 Å². The number of nitrogens with zero attached hydrogens (tertiary/aromatic N) is 1. The molecule has 0 saturated heterocycles. The number of hydrogen-bond acceptors (Lipinski definition) is 5. The van der Waals surface area contributed by atoms with Crippen LogP contribution in [0.3, 0.4) is 0 Å². The minimum absolute atomic E-state index is 0.160. The van der Waals surface area contributed by atoms with E-state index >= 15 is 0 Å². The minimum atomic E-state index is -0.160. The van der Waals surface area contributed by atoms with Gasteiger partial charge in [-0.15, -0.1) is 0 Å². The Morgan fingerprint density at radius 3 is 2.44 bits per heavy atom. The van der Waals surface area contributed by atoms with Crippen LogP contribution in [0.5, 0.6) is 17.2 Å². The number of aryl methyl sites for hydroxylation is 2. The third-order valence-corrected chi connectivity index (χ3v) is 4.04. The maximum Gasteiger partial charge on any atom is 0.229 e. The molecule has 0 aliphatic rings. The lowest BCUT2D eigenvalue weighted by Crippen LogP contribution is -2.15. The number of nitrogens with one attached hydrogen (secondary N) is 1. The summed E-state index contributed by atoms with van der Waals surface area (Å²) < 4.78 is 16.5. The fourth-order valence-electron chi connectivity index (χ4n) is 2.67. The Bertz CT molecular complexity index is 897. The predicted octanol–water partition coefficient (Wildman–Crippen LogP) is 4.66. The van der Waals surface area contributed by atoms with Crippen molar-refractivity contribution < 1.29 is 18.8 Å². The number of aromatic nitrogens is 1. The first-order chi connectivity index (χ1) is 13.1. The number of hydrogen-bond donors (Lipinski definition) is 1. The second-order valence-corrected chi connectivity index (χ2v) is 6.03. The summed E-state index contributed by atoms with van der Waals surface area (Å²) in [6, 6.07) is 14.7. The highest BCUT2D eigenvalue weighted by atomic mass is 16.5. The van der Waals surface area contributed by atoms with Crippen LogP contribution in [0.4, 0.5) is 5.69 Å². The maximum atomic E-state index is 12.5. The number of rotatable bonds is 7. The summed E-state index contributed by atoms with van der Waals surface area (Å²) in [4.78, 5) is 12.5. The van der Waals surface area contributed by atoms with Crippen LogP contribution in [0, 0.1) is 13.8 Å². The van der Waals surface area contributed by atoms with Crippen molar-refractivity contribution in [2.75, 3.05) is 11.9 Å². The zero-order chi connectivity index (χ0) is 19.2. The van der Waals surface area contributed by atoms with E-state index < -0.39 is 0 Å². The van der Waals surface area contributed by atoms with Crippen LogP contribution in [0.25, 0.3) is 0 Å². The Hall–Kier alpha value is -3.28. The highest BCUT2D eigenvalue weighted by Gasteiger charge is 2.15. The number of benzene rings is 2. The summed E-state index contributed by atoms with van der Waals surface area (Å²) in [6.45, 7) is 6.17. The predicted molar refractivity (Wildman–Crippen MR) is 102 cm³/mol. The Kier molecular flexibility index (Phi) is 5.76. The number of carbonyl (C=O) groups excluding carboxylic acids is 1. The lowest BCUT2D eigenvalue weighted by Gasteiger charge is -2.12. The van der Waals surface area contributed by atoms with E-state index in [1.165, 1.54) is 0 Å². The largest absolute Gasteiger partial charge is 0.494 e. The highest BCUT2D eigenvalue weighted by molar-refractivity contribution is 5.93. The van der Waals surface area contributed by atoms with Gasteiger partial charge in [0.2, 0.25) is 5.91 Å². The van der Waals surface area contributed by atoms with Crippen LogP contribution >= 0.6 is 0 Å². The molecule has 0 aliphatic carbocycles. The van der Waals surface area contributed by atoms with Gasteiger partial charge >= 0.3 is 0 Å². The molecule has 6 heteroatoms. The van der Waals surface area contributed by atoms with Crippen molar-refractivity contribution >= 4 is 11.6 Å². The van der Waals surface area contributed by atoms with E-state index in [0.29, 0.717) is 29.6 Å². The molecule has 3 aromatic rings.